The summed E-state index contributed by atoms with van der Waals surface area (Å²) in [6.07, 6.45) is 1.24. The molecule has 7 nitrogen and oxygen atoms in total. The number of hydrogen-bond acceptors (Lipinski definition) is 7. The van der Waals surface area contributed by atoms with Crippen LogP contribution >= 0.6 is 11.3 Å². The molecule has 1 saturated heterocycles. The van der Waals surface area contributed by atoms with Gasteiger partial charge in [-0.3, -0.25) is 4.79 Å². The highest BCUT2D eigenvalue weighted by atomic mass is 32.2. The highest BCUT2D eigenvalue weighted by molar-refractivity contribution is 7.89. The van der Waals surface area contributed by atoms with Gasteiger partial charge in [0, 0.05) is 35.5 Å². The molecule has 146 valence electrons. The van der Waals surface area contributed by atoms with Crippen LogP contribution in [0.1, 0.15) is 41.9 Å². The van der Waals surface area contributed by atoms with Gasteiger partial charge in [0.2, 0.25) is 21.8 Å². The van der Waals surface area contributed by atoms with Gasteiger partial charge in [0.15, 0.2) is 5.78 Å². The minimum Gasteiger partial charge on any atom is -0.420 e. The summed E-state index contributed by atoms with van der Waals surface area (Å²) in [5, 5.41) is 12.2. The Hall–Kier alpha value is -2.36. The van der Waals surface area contributed by atoms with Crippen molar-refractivity contribution in [2.45, 2.75) is 30.6 Å². The Balaban J connectivity index is 1.44. The van der Waals surface area contributed by atoms with Crippen molar-refractivity contribution >= 4 is 27.1 Å². The highest BCUT2D eigenvalue weighted by Gasteiger charge is 2.32. The summed E-state index contributed by atoms with van der Waals surface area (Å²) in [5.74, 6) is 1.01. The lowest BCUT2D eigenvalue weighted by atomic mass is 9.98. The lowest BCUT2D eigenvalue weighted by Gasteiger charge is -2.29. The zero-order valence-electron chi connectivity index (χ0n) is 15.2. The van der Waals surface area contributed by atoms with Gasteiger partial charge in [-0.25, -0.2) is 8.42 Å². The molecule has 1 aliphatic rings. The van der Waals surface area contributed by atoms with Crippen molar-refractivity contribution in [1.82, 2.24) is 14.5 Å². The molecule has 3 aromatic rings. The Morgan fingerprint density at radius 3 is 2.46 bits per heavy atom. The number of piperidine rings is 1. The van der Waals surface area contributed by atoms with E-state index in [0.717, 1.165) is 5.56 Å². The molecule has 0 radical (unpaired) electrons. The van der Waals surface area contributed by atoms with Gasteiger partial charge in [-0.05, 0) is 43.3 Å². The molecular weight excluding hydrogens is 398 g/mol. The Morgan fingerprint density at radius 1 is 1.14 bits per heavy atom. The van der Waals surface area contributed by atoms with Gasteiger partial charge in [-0.2, -0.15) is 15.6 Å². The number of aromatic nitrogens is 2. The van der Waals surface area contributed by atoms with E-state index in [0.29, 0.717) is 43.3 Å². The van der Waals surface area contributed by atoms with Crippen molar-refractivity contribution in [3.63, 3.8) is 0 Å². The van der Waals surface area contributed by atoms with E-state index in [4.69, 9.17) is 4.42 Å². The number of nitrogens with zero attached hydrogens (tertiary/aromatic N) is 3. The summed E-state index contributed by atoms with van der Waals surface area (Å²) in [6, 6.07) is 8.00. The van der Waals surface area contributed by atoms with E-state index in [9.17, 15) is 13.2 Å². The van der Waals surface area contributed by atoms with Crippen LogP contribution in [0.15, 0.2) is 50.4 Å². The summed E-state index contributed by atoms with van der Waals surface area (Å²) in [4.78, 5) is 11.6. The number of carbonyl (C=O) groups excluding carboxylic acids is 1. The fourth-order valence-corrected chi connectivity index (χ4v) is 5.36. The van der Waals surface area contributed by atoms with E-state index in [-0.39, 0.29) is 16.6 Å². The van der Waals surface area contributed by atoms with Crippen LogP contribution in [-0.2, 0) is 10.0 Å². The van der Waals surface area contributed by atoms with Crippen LogP contribution in [0.25, 0.3) is 11.5 Å². The van der Waals surface area contributed by atoms with Gasteiger partial charge in [-0.1, -0.05) is 12.1 Å². The molecule has 1 aliphatic heterocycles. The van der Waals surface area contributed by atoms with Crippen LogP contribution in [0.3, 0.4) is 0 Å². The van der Waals surface area contributed by atoms with Crippen molar-refractivity contribution in [3.05, 3.63) is 52.5 Å². The summed E-state index contributed by atoms with van der Waals surface area (Å²) < 4.78 is 33.0. The summed E-state index contributed by atoms with van der Waals surface area (Å²) in [5.41, 5.74) is 1.40. The quantitative estimate of drug-likeness (QED) is 0.589. The molecule has 9 heteroatoms. The van der Waals surface area contributed by atoms with E-state index in [1.807, 2.05) is 16.8 Å². The molecule has 0 saturated carbocycles. The SMILES string of the molecule is CC(=O)c1ccc(S(=O)(=O)N2CCC(c3nnc(-c4ccsc4)o3)CC2)cc1. The van der Waals surface area contributed by atoms with Crippen LogP contribution < -0.4 is 0 Å². The topological polar surface area (TPSA) is 93.4 Å². The second-order valence-corrected chi connectivity index (χ2v) is 9.43. The van der Waals surface area contributed by atoms with E-state index >= 15 is 0 Å². The minimum absolute atomic E-state index is 0.0476. The van der Waals surface area contributed by atoms with E-state index in [1.165, 1.54) is 23.4 Å². The minimum atomic E-state index is -3.58. The highest BCUT2D eigenvalue weighted by Crippen LogP contribution is 2.32. The maximum Gasteiger partial charge on any atom is 0.248 e. The number of hydrogen-bond donors (Lipinski definition) is 0. The zero-order chi connectivity index (χ0) is 19.7. The fraction of sp³-hybridized carbons (Fsp3) is 0.316. The van der Waals surface area contributed by atoms with Crippen LogP contribution in [-0.4, -0.2) is 41.8 Å². The third kappa shape index (κ3) is 3.65. The maximum absolute atomic E-state index is 12.9. The summed E-state index contributed by atoms with van der Waals surface area (Å²) >= 11 is 1.56. The lowest BCUT2D eigenvalue weighted by Crippen LogP contribution is -2.37. The van der Waals surface area contributed by atoms with Crippen molar-refractivity contribution < 1.29 is 17.6 Å². The molecule has 2 aromatic heterocycles. The number of sulfonamides is 1. The van der Waals surface area contributed by atoms with Crippen molar-refractivity contribution in [2.75, 3.05) is 13.1 Å². The van der Waals surface area contributed by atoms with E-state index < -0.39 is 10.0 Å². The number of thiophene rings is 1. The number of benzene rings is 1. The fourth-order valence-electron chi connectivity index (χ4n) is 3.26. The monoisotopic (exact) mass is 417 g/mol. The Morgan fingerprint density at radius 2 is 1.86 bits per heavy atom. The molecule has 0 bridgehead atoms. The average Bonchev–Trinajstić information content (AvgIpc) is 3.40. The third-order valence-electron chi connectivity index (χ3n) is 4.91. The molecular formula is C19H19N3O4S2. The largest absolute Gasteiger partial charge is 0.420 e. The van der Waals surface area contributed by atoms with Crippen LogP contribution in [0.4, 0.5) is 0 Å². The molecule has 1 fully saturated rings. The van der Waals surface area contributed by atoms with Crippen LogP contribution in [0.2, 0.25) is 0 Å². The number of rotatable bonds is 5. The molecule has 0 aliphatic carbocycles. The first kappa shape index (κ1) is 19.0. The molecule has 0 N–H and O–H groups in total. The van der Waals surface area contributed by atoms with Crippen molar-refractivity contribution in [2.24, 2.45) is 0 Å². The number of carbonyl (C=O) groups is 1. The Kier molecular flexibility index (Phi) is 5.13. The van der Waals surface area contributed by atoms with Gasteiger partial charge < -0.3 is 4.42 Å². The standard InChI is InChI=1S/C19H19N3O4S2/c1-13(23)14-2-4-17(5-3-14)28(24,25)22-9-6-15(7-10-22)18-20-21-19(26-18)16-8-11-27-12-16/h2-5,8,11-12,15H,6-7,9-10H2,1H3. The normalized spacial score (nSPS) is 16.3. The average molecular weight is 418 g/mol. The smallest absolute Gasteiger partial charge is 0.248 e. The Labute approximate surface area is 167 Å². The van der Waals surface area contributed by atoms with Crippen LogP contribution in [0, 0.1) is 0 Å². The molecule has 0 atom stereocenters. The predicted molar refractivity (Wildman–Crippen MR) is 105 cm³/mol. The van der Waals surface area contributed by atoms with E-state index in [1.54, 1.807) is 23.5 Å². The zero-order valence-corrected chi connectivity index (χ0v) is 16.9. The molecule has 0 amide bonds. The first-order valence-corrected chi connectivity index (χ1v) is 11.3. The van der Waals surface area contributed by atoms with Crippen molar-refractivity contribution in [3.8, 4) is 11.5 Å². The molecule has 3 heterocycles. The number of ketones is 1. The second-order valence-electron chi connectivity index (χ2n) is 6.72. The molecule has 0 unspecified atom stereocenters. The van der Waals surface area contributed by atoms with Crippen molar-refractivity contribution in [1.29, 1.82) is 0 Å². The summed E-state index contributed by atoms with van der Waals surface area (Å²) in [6.45, 7) is 2.23. The summed E-state index contributed by atoms with van der Waals surface area (Å²) in [7, 11) is -3.58. The molecule has 4 rings (SSSR count). The third-order valence-corrected chi connectivity index (χ3v) is 7.51. The van der Waals surface area contributed by atoms with Crippen LogP contribution in [0.5, 0.6) is 0 Å². The van der Waals surface area contributed by atoms with Gasteiger partial charge >= 0.3 is 0 Å². The van der Waals surface area contributed by atoms with Gasteiger partial charge in [0.1, 0.15) is 0 Å². The van der Waals surface area contributed by atoms with Gasteiger partial charge in [-0.15, -0.1) is 10.2 Å². The molecule has 1 aromatic carbocycles. The first-order chi connectivity index (χ1) is 13.4. The maximum atomic E-state index is 12.9. The lowest BCUT2D eigenvalue weighted by molar-refractivity contribution is 0.101. The number of Topliss-reactive ketones (excluding diaryl/α,β-unsaturated/α-hetero) is 1. The predicted octanol–water partition coefficient (Wildman–Crippen LogP) is 3.57. The molecule has 0 spiro atoms. The van der Waals surface area contributed by atoms with E-state index in [2.05, 4.69) is 10.2 Å². The van der Waals surface area contributed by atoms with Gasteiger partial charge in [0.05, 0.1) is 4.90 Å². The van der Waals surface area contributed by atoms with Gasteiger partial charge in [0.25, 0.3) is 0 Å². The second kappa shape index (κ2) is 7.57. The molecule has 28 heavy (non-hydrogen) atoms. The first-order valence-electron chi connectivity index (χ1n) is 8.92. The Bertz CT molecular complexity index is 1060.